The van der Waals surface area contributed by atoms with E-state index >= 15 is 0 Å². The fraction of sp³-hybridized carbons (Fsp3) is 0.300. The fourth-order valence-corrected chi connectivity index (χ4v) is 2.48. The maximum atomic E-state index is 11.9. The second kappa shape index (κ2) is 8.38. The van der Waals surface area contributed by atoms with E-state index in [1.54, 1.807) is 31.2 Å². The Morgan fingerprint density at radius 2 is 1.96 bits per heavy atom. The minimum atomic E-state index is -0.662. The number of carbonyl (C=O) groups is 1. The van der Waals surface area contributed by atoms with Crippen molar-refractivity contribution in [2.45, 2.75) is 26.2 Å². The smallest absolute Gasteiger partial charge is 0.306 e. The molecule has 0 aliphatic carbocycles. The van der Waals surface area contributed by atoms with Gasteiger partial charge >= 0.3 is 5.97 Å². The van der Waals surface area contributed by atoms with E-state index < -0.39 is 23.1 Å². The first-order valence-electron chi connectivity index (χ1n) is 8.09. The second-order valence-corrected chi connectivity index (χ2v) is 6.08. The molecule has 0 aliphatic rings. The highest BCUT2D eigenvalue weighted by Crippen LogP contribution is 2.34. The number of methoxy groups -OCH3 is 1. The monoisotopic (exact) mass is 358 g/mol. The Labute approximate surface area is 151 Å². The van der Waals surface area contributed by atoms with Crippen molar-refractivity contribution < 1.29 is 23.8 Å². The summed E-state index contributed by atoms with van der Waals surface area (Å²) in [7, 11) is 1.28. The third-order valence-electron chi connectivity index (χ3n) is 3.75. The Hall–Kier alpha value is -3.02. The van der Waals surface area contributed by atoms with E-state index in [0.29, 0.717) is 23.7 Å². The first-order valence-corrected chi connectivity index (χ1v) is 8.09. The van der Waals surface area contributed by atoms with E-state index in [-0.39, 0.29) is 12.2 Å². The second-order valence-electron chi connectivity index (χ2n) is 6.08. The number of ether oxygens (including phenoxy) is 2. The van der Waals surface area contributed by atoms with E-state index in [1.165, 1.54) is 13.2 Å². The summed E-state index contributed by atoms with van der Waals surface area (Å²) >= 11 is 0. The van der Waals surface area contributed by atoms with Crippen LogP contribution in [0.2, 0.25) is 0 Å². The molecule has 1 N–H and O–H groups in total. The van der Waals surface area contributed by atoms with E-state index in [9.17, 15) is 14.7 Å². The van der Waals surface area contributed by atoms with E-state index in [0.717, 1.165) is 5.57 Å². The van der Waals surface area contributed by atoms with Crippen LogP contribution in [-0.2, 0) is 9.53 Å². The zero-order valence-corrected chi connectivity index (χ0v) is 15.1. The number of aryl methyl sites for hydroxylation is 1. The van der Waals surface area contributed by atoms with Gasteiger partial charge in [0.2, 0.25) is 11.2 Å². The predicted molar refractivity (Wildman–Crippen MR) is 96.6 cm³/mol. The summed E-state index contributed by atoms with van der Waals surface area (Å²) in [5.74, 6) is -0.628. The van der Waals surface area contributed by atoms with Gasteiger partial charge in [-0.25, -0.2) is 0 Å². The van der Waals surface area contributed by atoms with Crippen LogP contribution in [0.25, 0.3) is 0 Å². The molecule has 0 saturated heterocycles. The summed E-state index contributed by atoms with van der Waals surface area (Å²) in [6, 6.07) is 8.19. The van der Waals surface area contributed by atoms with Gasteiger partial charge in [0.25, 0.3) is 0 Å². The van der Waals surface area contributed by atoms with Crippen molar-refractivity contribution in [1.29, 1.82) is 0 Å². The van der Waals surface area contributed by atoms with Gasteiger partial charge in [0.1, 0.15) is 18.1 Å². The van der Waals surface area contributed by atoms with Crippen LogP contribution in [0, 0.1) is 6.92 Å². The van der Waals surface area contributed by atoms with Crippen LogP contribution in [0.4, 0.5) is 0 Å². The number of benzene rings is 1. The normalized spacial score (nSPS) is 11.7. The third-order valence-corrected chi connectivity index (χ3v) is 3.75. The van der Waals surface area contributed by atoms with Crippen LogP contribution >= 0.6 is 0 Å². The zero-order chi connectivity index (χ0) is 19.3. The van der Waals surface area contributed by atoms with Crippen LogP contribution < -0.4 is 10.2 Å². The molecular formula is C20H22O6. The van der Waals surface area contributed by atoms with Gasteiger partial charge in [-0.2, -0.15) is 0 Å². The highest BCUT2D eigenvalue weighted by molar-refractivity contribution is 5.71. The van der Waals surface area contributed by atoms with Gasteiger partial charge in [-0.05, 0) is 37.1 Å². The molecule has 26 heavy (non-hydrogen) atoms. The average Bonchev–Trinajstić information content (AvgIpc) is 2.61. The summed E-state index contributed by atoms with van der Waals surface area (Å²) in [4.78, 5) is 23.7. The Morgan fingerprint density at radius 1 is 1.31 bits per heavy atom. The maximum Gasteiger partial charge on any atom is 0.306 e. The molecule has 0 saturated carbocycles. The largest absolute Gasteiger partial charge is 0.502 e. The van der Waals surface area contributed by atoms with Crippen LogP contribution in [0.5, 0.6) is 11.5 Å². The van der Waals surface area contributed by atoms with Crippen LogP contribution in [0.1, 0.15) is 36.3 Å². The molecule has 1 atom stereocenters. The molecule has 1 unspecified atom stereocenters. The first kappa shape index (κ1) is 19.3. The van der Waals surface area contributed by atoms with Crippen molar-refractivity contribution in [1.82, 2.24) is 0 Å². The number of hydrogen-bond acceptors (Lipinski definition) is 6. The lowest BCUT2D eigenvalue weighted by molar-refractivity contribution is -0.140. The summed E-state index contributed by atoms with van der Waals surface area (Å²) < 4.78 is 15.9. The number of hydrogen-bond donors (Lipinski definition) is 1. The van der Waals surface area contributed by atoms with E-state index in [4.69, 9.17) is 13.9 Å². The molecule has 0 bridgehead atoms. The number of esters is 1. The number of aromatic hydroxyl groups is 1. The molecule has 2 aromatic rings. The minimum absolute atomic E-state index is 0.0380. The van der Waals surface area contributed by atoms with Crippen molar-refractivity contribution in [3.05, 3.63) is 69.8 Å². The van der Waals surface area contributed by atoms with Gasteiger partial charge in [0.15, 0.2) is 5.76 Å². The lowest BCUT2D eigenvalue weighted by Crippen LogP contribution is -2.13. The van der Waals surface area contributed by atoms with Crippen LogP contribution in [-0.4, -0.2) is 24.8 Å². The quantitative estimate of drug-likeness (QED) is 0.604. The van der Waals surface area contributed by atoms with Crippen molar-refractivity contribution in [3.63, 3.8) is 0 Å². The average molecular weight is 358 g/mol. The summed E-state index contributed by atoms with van der Waals surface area (Å²) in [6.45, 7) is 7.65. The molecule has 138 valence electrons. The molecule has 0 fully saturated rings. The van der Waals surface area contributed by atoms with Gasteiger partial charge < -0.3 is 19.0 Å². The zero-order valence-electron chi connectivity index (χ0n) is 15.1. The molecule has 6 nitrogen and oxygen atoms in total. The fourth-order valence-electron chi connectivity index (χ4n) is 2.48. The molecule has 2 rings (SSSR count). The number of carbonyl (C=O) groups excluding carboxylic acids is 1. The van der Waals surface area contributed by atoms with Crippen molar-refractivity contribution in [3.8, 4) is 11.5 Å². The molecule has 0 spiro atoms. The highest BCUT2D eigenvalue weighted by atomic mass is 16.5. The van der Waals surface area contributed by atoms with Crippen molar-refractivity contribution in [2.24, 2.45) is 0 Å². The molecular weight excluding hydrogens is 336 g/mol. The van der Waals surface area contributed by atoms with Crippen LogP contribution in [0.3, 0.4) is 0 Å². The molecule has 1 heterocycles. The maximum absolute atomic E-state index is 11.9. The van der Waals surface area contributed by atoms with Gasteiger partial charge in [0.05, 0.1) is 19.4 Å². The van der Waals surface area contributed by atoms with Gasteiger partial charge in [0, 0.05) is 6.07 Å². The SMILES string of the molecule is C=C(C)COc1ccc(C(CC(=O)OC)c2oc(C)cc(=O)c2O)cc1. The molecule has 6 heteroatoms. The molecule has 0 radical (unpaired) electrons. The molecule has 1 aromatic heterocycles. The first-order chi connectivity index (χ1) is 12.3. The Kier molecular flexibility index (Phi) is 6.22. The Bertz CT molecular complexity index is 848. The lowest BCUT2D eigenvalue weighted by Gasteiger charge is -2.17. The van der Waals surface area contributed by atoms with Crippen molar-refractivity contribution >= 4 is 5.97 Å². The molecule has 0 amide bonds. The summed E-state index contributed by atoms with van der Waals surface area (Å²) in [6.07, 6.45) is -0.0809. The Balaban J connectivity index is 2.41. The van der Waals surface area contributed by atoms with Crippen LogP contribution in [0.15, 0.2) is 51.7 Å². The van der Waals surface area contributed by atoms with E-state index in [2.05, 4.69) is 6.58 Å². The molecule has 0 aliphatic heterocycles. The Morgan fingerprint density at radius 3 is 2.54 bits per heavy atom. The summed E-state index contributed by atoms with van der Waals surface area (Å²) in [5.41, 5.74) is 1.02. The topological polar surface area (TPSA) is 86.0 Å². The summed E-state index contributed by atoms with van der Waals surface area (Å²) in [5, 5.41) is 10.1. The third kappa shape index (κ3) is 4.75. The van der Waals surface area contributed by atoms with Crippen molar-refractivity contribution in [2.75, 3.05) is 13.7 Å². The van der Waals surface area contributed by atoms with E-state index in [1.807, 2.05) is 6.92 Å². The minimum Gasteiger partial charge on any atom is -0.502 e. The predicted octanol–water partition coefficient (Wildman–Crippen LogP) is 3.30. The van der Waals surface area contributed by atoms with Gasteiger partial charge in [-0.1, -0.05) is 18.7 Å². The molecule has 1 aromatic carbocycles. The standard InChI is InChI=1S/C20H22O6/c1-12(2)11-25-15-7-5-14(6-8-15)16(10-18(22)24-4)20-19(23)17(21)9-13(3)26-20/h5-9,16,23H,1,10-11H2,2-4H3. The number of rotatable bonds is 7. The van der Waals surface area contributed by atoms with Gasteiger partial charge in [-0.3, -0.25) is 9.59 Å². The van der Waals surface area contributed by atoms with Gasteiger partial charge in [-0.15, -0.1) is 0 Å². The lowest BCUT2D eigenvalue weighted by atomic mass is 9.92. The highest BCUT2D eigenvalue weighted by Gasteiger charge is 2.26.